The van der Waals surface area contributed by atoms with Crippen LogP contribution in [-0.4, -0.2) is 28.0 Å². The second-order valence-corrected chi connectivity index (χ2v) is 6.76. The molecule has 2 aromatic rings. The first-order valence-electron chi connectivity index (χ1n) is 8.16. The Hall–Kier alpha value is -3.42. The molecule has 2 amide bonds. The second kappa shape index (κ2) is 8.31. The molecular weight excluding hydrogens is 352 g/mol. The zero-order valence-electron chi connectivity index (χ0n) is 15.3. The predicted octanol–water partition coefficient (Wildman–Crippen LogP) is 4.41. The fourth-order valence-corrected chi connectivity index (χ4v) is 2.17. The Labute approximate surface area is 156 Å². The zero-order chi connectivity index (χ0) is 20.0. The average molecular weight is 374 g/mol. The summed E-state index contributed by atoms with van der Waals surface area (Å²) >= 11 is 0. The van der Waals surface area contributed by atoms with Gasteiger partial charge in [-0.15, -0.1) is 0 Å². The third-order valence-electron chi connectivity index (χ3n) is 3.13. The number of rotatable bonds is 5. The number of phenols is 1. The van der Waals surface area contributed by atoms with Crippen LogP contribution < -0.4 is 15.4 Å². The van der Waals surface area contributed by atoms with Crippen molar-refractivity contribution in [2.75, 3.05) is 10.6 Å². The third-order valence-corrected chi connectivity index (χ3v) is 3.13. The minimum atomic E-state index is -1.23. The SMILES string of the molecule is CC(C)(C)OC(=O)Nc1cc(COc2ccc(O)cc2)cc(NC(=O)O)c1. The van der Waals surface area contributed by atoms with E-state index < -0.39 is 17.8 Å². The van der Waals surface area contributed by atoms with Gasteiger partial charge >= 0.3 is 12.2 Å². The Morgan fingerprint density at radius 1 is 1.00 bits per heavy atom. The van der Waals surface area contributed by atoms with Gasteiger partial charge in [0.15, 0.2) is 0 Å². The van der Waals surface area contributed by atoms with Gasteiger partial charge in [-0.2, -0.15) is 0 Å². The minimum Gasteiger partial charge on any atom is -0.508 e. The van der Waals surface area contributed by atoms with Crippen LogP contribution in [0.1, 0.15) is 26.3 Å². The van der Waals surface area contributed by atoms with Crippen LogP contribution in [0.4, 0.5) is 21.0 Å². The molecule has 0 unspecified atom stereocenters. The smallest absolute Gasteiger partial charge is 0.412 e. The topological polar surface area (TPSA) is 117 Å². The van der Waals surface area contributed by atoms with Crippen LogP contribution in [-0.2, 0) is 11.3 Å². The molecule has 0 fully saturated rings. The summed E-state index contributed by atoms with van der Waals surface area (Å²) in [5.74, 6) is 0.657. The van der Waals surface area contributed by atoms with E-state index in [1.807, 2.05) is 0 Å². The van der Waals surface area contributed by atoms with Gasteiger partial charge in [-0.1, -0.05) is 0 Å². The second-order valence-electron chi connectivity index (χ2n) is 6.76. The number of anilines is 2. The van der Waals surface area contributed by atoms with Crippen LogP contribution in [0.25, 0.3) is 0 Å². The number of carboxylic acid groups (broad SMARTS) is 1. The number of carbonyl (C=O) groups is 2. The van der Waals surface area contributed by atoms with E-state index in [9.17, 15) is 14.7 Å². The van der Waals surface area contributed by atoms with Crippen LogP contribution in [0.2, 0.25) is 0 Å². The molecule has 2 aromatic carbocycles. The number of ether oxygens (including phenoxy) is 2. The monoisotopic (exact) mass is 374 g/mol. The van der Waals surface area contributed by atoms with Crippen LogP contribution >= 0.6 is 0 Å². The molecule has 0 saturated carbocycles. The van der Waals surface area contributed by atoms with Gasteiger partial charge in [0.25, 0.3) is 0 Å². The van der Waals surface area contributed by atoms with E-state index in [2.05, 4.69) is 10.6 Å². The molecule has 0 atom stereocenters. The molecule has 144 valence electrons. The lowest BCUT2D eigenvalue weighted by molar-refractivity contribution is 0.0636. The number of aromatic hydroxyl groups is 1. The van der Waals surface area contributed by atoms with Crippen molar-refractivity contribution in [2.45, 2.75) is 33.0 Å². The molecule has 0 heterocycles. The number of hydrogen-bond donors (Lipinski definition) is 4. The Morgan fingerprint density at radius 2 is 1.59 bits per heavy atom. The lowest BCUT2D eigenvalue weighted by atomic mass is 10.1. The van der Waals surface area contributed by atoms with E-state index in [0.717, 1.165) is 0 Å². The molecule has 0 aliphatic heterocycles. The van der Waals surface area contributed by atoms with E-state index in [-0.39, 0.29) is 18.0 Å². The maximum absolute atomic E-state index is 12.0. The molecule has 0 aliphatic carbocycles. The molecule has 0 spiro atoms. The lowest BCUT2D eigenvalue weighted by Crippen LogP contribution is -2.27. The van der Waals surface area contributed by atoms with Crippen molar-refractivity contribution in [1.29, 1.82) is 0 Å². The fraction of sp³-hybridized carbons (Fsp3) is 0.263. The molecule has 0 bridgehead atoms. The zero-order valence-corrected chi connectivity index (χ0v) is 15.3. The molecule has 2 rings (SSSR count). The summed E-state index contributed by atoms with van der Waals surface area (Å²) in [6, 6.07) is 10.9. The van der Waals surface area contributed by atoms with Crippen LogP contribution in [0.5, 0.6) is 11.5 Å². The largest absolute Gasteiger partial charge is 0.508 e. The van der Waals surface area contributed by atoms with Gasteiger partial charge in [-0.05, 0) is 68.8 Å². The fourth-order valence-electron chi connectivity index (χ4n) is 2.17. The van der Waals surface area contributed by atoms with Crippen molar-refractivity contribution in [3.05, 3.63) is 48.0 Å². The number of phenolic OH excluding ortho intramolecular Hbond substituents is 1. The van der Waals surface area contributed by atoms with Crippen LogP contribution in [0, 0.1) is 0 Å². The summed E-state index contributed by atoms with van der Waals surface area (Å²) in [5.41, 5.74) is 0.604. The predicted molar refractivity (Wildman–Crippen MR) is 100 cm³/mol. The lowest BCUT2D eigenvalue weighted by Gasteiger charge is -2.20. The quantitative estimate of drug-likeness (QED) is 0.616. The van der Waals surface area contributed by atoms with Gasteiger partial charge in [0, 0.05) is 11.4 Å². The first-order valence-corrected chi connectivity index (χ1v) is 8.16. The van der Waals surface area contributed by atoms with Crippen molar-refractivity contribution in [2.24, 2.45) is 0 Å². The average Bonchev–Trinajstić information content (AvgIpc) is 2.51. The van der Waals surface area contributed by atoms with Crippen molar-refractivity contribution >= 4 is 23.6 Å². The highest BCUT2D eigenvalue weighted by Crippen LogP contribution is 2.23. The summed E-state index contributed by atoms with van der Waals surface area (Å²) in [6.07, 6.45) is -1.88. The standard InChI is InChI=1S/C19H22N2O6/c1-19(2,3)27-18(25)21-14-9-12(8-13(10-14)20-17(23)24)11-26-16-6-4-15(22)5-7-16/h4-10,20,22H,11H2,1-3H3,(H,21,25)(H,23,24). The number of benzene rings is 2. The van der Waals surface area contributed by atoms with E-state index in [1.54, 1.807) is 45.0 Å². The van der Waals surface area contributed by atoms with E-state index >= 15 is 0 Å². The Bertz CT molecular complexity index is 812. The summed E-state index contributed by atoms with van der Waals surface area (Å²) in [5, 5.41) is 23.1. The van der Waals surface area contributed by atoms with E-state index in [4.69, 9.17) is 14.6 Å². The number of nitrogens with one attached hydrogen (secondary N) is 2. The highest BCUT2D eigenvalue weighted by molar-refractivity contribution is 5.88. The van der Waals surface area contributed by atoms with Gasteiger partial charge in [-0.3, -0.25) is 10.6 Å². The summed E-state index contributed by atoms with van der Waals surface area (Å²) in [4.78, 5) is 22.9. The summed E-state index contributed by atoms with van der Waals surface area (Å²) in [6.45, 7) is 5.35. The van der Waals surface area contributed by atoms with Crippen molar-refractivity contribution in [1.82, 2.24) is 0 Å². The summed E-state index contributed by atoms with van der Waals surface area (Å²) in [7, 11) is 0. The van der Waals surface area contributed by atoms with Gasteiger partial charge in [0.1, 0.15) is 23.7 Å². The van der Waals surface area contributed by atoms with Crippen LogP contribution in [0.15, 0.2) is 42.5 Å². The Balaban J connectivity index is 2.15. The minimum absolute atomic E-state index is 0.124. The van der Waals surface area contributed by atoms with Crippen LogP contribution in [0.3, 0.4) is 0 Å². The summed E-state index contributed by atoms with van der Waals surface area (Å²) < 4.78 is 10.8. The highest BCUT2D eigenvalue weighted by Gasteiger charge is 2.17. The molecule has 0 aromatic heterocycles. The van der Waals surface area contributed by atoms with E-state index in [1.165, 1.54) is 18.2 Å². The van der Waals surface area contributed by atoms with Gasteiger partial charge in [0.05, 0.1) is 0 Å². The maximum Gasteiger partial charge on any atom is 0.412 e. The molecule has 27 heavy (non-hydrogen) atoms. The van der Waals surface area contributed by atoms with Crippen molar-refractivity contribution in [3.8, 4) is 11.5 Å². The number of hydrogen-bond acceptors (Lipinski definition) is 5. The van der Waals surface area contributed by atoms with Gasteiger partial charge in [-0.25, -0.2) is 9.59 Å². The van der Waals surface area contributed by atoms with Crippen molar-refractivity contribution < 1.29 is 29.3 Å². The Kier molecular flexibility index (Phi) is 6.12. The van der Waals surface area contributed by atoms with Gasteiger partial charge < -0.3 is 19.7 Å². The highest BCUT2D eigenvalue weighted by atomic mass is 16.6. The first-order chi connectivity index (χ1) is 12.6. The molecule has 0 radical (unpaired) electrons. The van der Waals surface area contributed by atoms with Gasteiger partial charge in [0.2, 0.25) is 0 Å². The third kappa shape index (κ3) is 7.15. The molecule has 8 heteroatoms. The first kappa shape index (κ1) is 19.9. The normalized spacial score (nSPS) is 10.8. The number of amides is 2. The maximum atomic E-state index is 12.0. The van der Waals surface area contributed by atoms with E-state index in [0.29, 0.717) is 17.0 Å². The Morgan fingerprint density at radius 3 is 2.15 bits per heavy atom. The molecule has 8 nitrogen and oxygen atoms in total. The molecule has 4 N–H and O–H groups in total. The molecule has 0 aliphatic rings. The molecule has 0 saturated heterocycles. The van der Waals surface area contributed by atoms with Crippen molar-refractivity contribution in [3.63, 3.8) is 0 Å². The molecular formula is C19H22N2O6. The number of carbonyl (C=O) groups excluding carboxylic acids is 1.